The van der Waals surface area contributed by atoms with Crippen molar-refractivity contribution in [1.82, 2.24) is 0 Å². The molecule has 3 saturated carbocycles. The lowest BCUT2D eigenvalue weighted by molar-refractivity contribution is -0.388. The second-order valence-electron chi connectivity index (χ2n) is 23.6. The summed E-state index contributed by atoms with van der Waals surface area (Å²) in [5.41, 5.74) is 2.37. The zero-order valence-electron chi connectivity index (χ0n) is 43.5. The number of aliphatic hydroxyl groups is 12. The van der Waals surface area contributed by atoms with E-state index < -0.39 is 142 Å². The molecule has 0 amide bonds. The van der Waals surface area contributed by atoms with E-state index in [4.69, 9.17) is 47.4 Å². The first-order valence-electron chi connectivity index (χ1n) is 26.9. The van der Waals surface area contributed by atoms with Gasteiger partial charge in [0.2, 0.25) is 0 Å². The zero-order valence-corrected chi connectivity index (χ0v) is 43.5. The molecule has 22 nitrogen and oxygen atoms in total. The molecule has 0 radical (unpaired) electrons. The van der Waals surface area contributed by atoms with E-state index in [1.807, 2.05) is 6.92 Å². The Balaban J connectivity index is 0.865. The van der Waals surface area contributed by atoms with Gasteiger partial charge in [-0.25, -0.2) is 0 Å². The van der Waals surface area contributed by atoms with Gasteiger partial charge < -0.3 is 109 Å². The van der Waals surface area contributed by atoms with E-state index >= 15 is 0 Å². The summed E-state index contributed by atoms with van der Waals surface area (Å²) in [6, 6.07) is 0. The second-order valence-corrected chi connectivity index (χ2v) is 23.6. The molecule has 5 aliphatic heterocycles. The van der Waals surface area contributed by atoms with Crippen LogP contribution >= 0.6 is 0 Å². The molecule has 0 aromatic heterocycles. The Morgan fingerprint density at radius 3 is 1.88 bits per heavy atom. The smallest absolute Gasteiger partial charge is 0.187 e. The molecular formula is C52H84O22. The van der Waals surface area contributed by atoms with Crippen molar-refractivity contribution in [1.29, 1.82) is 0 Å². The van der Waals surface area contributed by atoms with Crippen LogP contribution in [0.5, 0.6) is 0 Å². The summed E-state index contributed by atoms with van der Waals surface area (Å²) < 4.78 is 61.1. The van der Waals surface area contributed by atoms with E-state index in [9.17, 15) is 61.3 Å². The number of ether oxygens (including phenoxy) is 10. The van der Waals surface area contributed by atoms with Gasteiger partial charge in [-0.2, -0.15) is 0 Å². The highest BCUT2D eigenvalue weighted by Crippen LogP contribution is 2.69. The van der Waals surface area contributed by atoms with Crippen molar-refractivity contribution in [2.45, 2.75) is 234 Å². The van der Waals surface area contributed by atoms with Crippen LogP contribution in [0.25, 0.3) is 0 Å². The Kier molecular flexibility index (Phi) is 17.4. The number of hydrogen-bond acceptors (Lipinski definition) is 22. The van der Waals surface area contributed by atoms with Gasteiger partial charge in [-0.05, 0) is 112 Å². The third-order valence-electron chi connectivity index (χ3n) is 19.1. The number of allylic oxidation sites excluding steroid dienone is 1. The van der Waals surface area contributed by atoms with Crippen molar-refractivity contribution in [2.75, 3.05) is 26.9 Å². The number of methoxy groups -OCH3 is 1. The van der Waals surface area contributed by atoms with Crippen LogP contribution in [0.4, 0.5) is 0 Å². The highest BCUT2D eigenvalue weighted by Gasteiger charge is 2.64. The molecule has 30 unspecified atom stereocenters. The van der Waals surface area contributed by atoms with Gasteiger partial charge in [0.15, 0.2) is 25.2 Å². The van der Waals surface area contributed by atoms with Crippen molar-refractivity contribution in [2.24, 2.45) is 40.4 Å². The van der Waals surface area contributed by atoms with Crippen molar-refractivity contribution in [3.8, 4) is 0 Å². The first kappa shape index (κ1) is 57.1. The number of fused-ring (bicyclic) bond motifs is 7. The van der Waals surface area contributed by atoms with Crippen molar-refractivity contribution >= 4 is 0 Å². The largest absolute Gasteiger partial charge is 0.491 e. The van der Waals surface area contributed by atoms with Crippen molar-refractivity contribution in [3.63, 3.8) is 0 Å². The van der Waals surface area contributed by atoms with E-state index in [1.54, 1.807) is 7.11 Å². The van der Waals surface area contributed by atoms with Gasteiger partial charge in [-0.15, -0.1) is 0 Å². The predicted molar refractivity (Wildman–Crippen MR) is 254 cm³/mol. The molecule has 424 valence electrons. The van der Waals surface area contributed by atoms with E-state index in [0.29, 0.717) is 37.0 Å². The zero-order chi connectivity index (χ0) is 53.5. The van der Waals surface area contributed by atoms with Gasteiger partial charge in [0, 0.05) is 13.0 Å². The molecule has 9 aliphatic rings. The van der Waals surface area contributed by atoms with Crippen LogP contribution in [-0.4, -0.2) is 229 Å². The average Bonchev–Trinajstić information content (AvgIpc) is 3.88. The minimum Gasteiger partial charge on any atom is -0.491 e. The molecule has 0 spiro atoms. The highest BCUT2D eigenvalue weighted by atomic mass is 16.8. The first-order valence-corrected chi connectivity index (χ1v) is 26.9. The van der Waals surface area contributed by atoms with E-state index in [0.717, 1.165) is 37.9 Å². The Bertz CT molecular complexity index is 1980. The Morgan fingerprint density at radius 2 is 1.26 bits per heavy atom. The Hall–Kier alpha value is -1.56. The minimum absolute atomic E-state index is 0.00312. The normalized spacial score (nSPS) is 52.3. The molecule has 5 heterocycles. The number of aliphatic hydroxyl groups excluding tert-OH is 12. The number of hydrogen-bond donors (Lipinski definition) is 12. The molecular weight excluding hydrogens is 977 g/mol. The molecule has 4 saturated heterocycles. The maximum absolute atomic E-state index is 12.1. The maximum atomic E-state index is 12.1. The van der Waals surface area contributed by atoms with Crippen LogP contribution in [-0.2, 0) is 47.4 Å². The van der Waals surface area contributed by atoms with E-state index in [1.165, 1.54) is 25.0 Å². The maximum Gasteiger partial charge on any atom is 0.187 e. The van der Waals surface area contributed by atoms with Crippen LogP contribution < -0.4 is 0 Å². The predicted octanol–water partition coefficient (Wildman–Crippen LogP) is -1.41. The standard InChI is InChI=1S/C52H84O22/c1-20(19-66-47-40(61)39(60)36(57)31(17-53)71-47)14-30(65-7)44-21(2)33-29(70-44)16-28-26-9-8-24-15-25(10-12-51(24,5)27(26)11-13-52(28,33)6)69-50-46(74-49-42(63)38(59)35(56)23(4)68-49)43(64)45(32(18-54)72-50)73-48-41(62)37(58)34(55)22(3)67-48/h8,20,22-23,25-43,45-50,53-64H,9-19H2,1-7H3. The molecule has 9 rings (SSSR count). The fourth-order valence-electron chi connectivity index (χ4n) is 14.8. The minimum atomic E-state index is -1.74. The highest BCUT2D eigenvalue weighted by molar-refractivity contribution is 5.31. The lowest BCUT2D eigenvalue weighted by atomic mass is 9.47. The summed E-state index contributed by atoms with van der Waals surface area (Å²) in [7, 11) is 1.67. The van der Waals surface area contributed by atoms with Gasteiger partial charge in [-0.1, -0.05) is 32.4 Å². The summed E-state index contributed by atoms with van der Waals surface area (Å²) in [6.07, 6.45) is -20.7. The summed E-state index contributed by atoms with van der Waals surface area (Å²) >= 11 is 0. The number of rotatable bonds is 15. The summed E-state index contributed by atoms with van der Waals surface area (Å²) in [4.78, 5) is 0. The molecule has 74 heavy (non-hydrogen) atoms. The molecule has 0 aromatic rings. The van der Waals surface area contributed by atoms with Crippen LogP contribution in [0.15, 0.2) is 23.0 Å². The first-order chi connectivity index (χ1) is 35.1. The van der Waals surface area contributed by atoms with Crippen molar-refractivity contribution in [3.05, 3.63) is 23.0 Å². The molecule has 0 bridgehead atoms. The Labute approximate surface area is 432 Å². The molecule has 0 aromatic carbocycles. The topological polar surface area (TPSA) is 335 Å². The average molecular weight is 1060 g/mol. The lowest BCUT2D eigenvalue weighted by Gasteiger charge is -2.58. The SMILES string of the molecule is COC(CC(C)COC1OC(CO)C(O)C(O)C1O)C1=C(C)C2C(CC3C4CC=C5CC(OC6OC(CO)C(OC7OC(C)C(O)C(O)C7O)C(O)C6OC6OC(C)C(O)C(O)C6O)CCC5(C)C4CCC32C)O1. The fourth-order valence-corrected chi connectivity index (χ4v) is 14.8. The lowest BCUT2D eigenvalue weighted by Crippen LogP contribution is -2.66. The third kappa shape index (κ3) is 10.2. The monoisotopic (exact) mass is 1060 g/mol. The summed E-state index contributed by atoms with van der Waals surface area (Å²) in [6.45, 7) is 10.9. The molecule has 7 fully saturated rings. The molecule has 22 heteroatoms. The van der Waals surface area contributed by atoms with Crippen LogP contribution in [0, 0.1) is 40.4 Å². The van der Waals surface area contributed by atoms with Gasteiger partial charge >= 0.3 is 0 Å². The van der Waals surface area contributed by atoms with Gasteiger partial charge in [-0.3, -0.25) is 0 Å². The summed E-state index contributed by atoms with van der Waals surface area (Å²) in [5.74, 6) is 2.26. The quantitative estimate of drug-likeness (QED) is 0.0839. The Morgan fingerprint density at radius 1 is 0.662 bits per heavy atom. The van der Waals surface area contributed by atoms with Gasteiger partial charge in [0.25, 0.3) is 0 Å². The van der Waals surface area contributed by atoms with Crippen molar-refractivity contribution < 1.29 is 109 Å². The third-order valence-corrected chi connectivity index (χ3v) is 19.1. The molecule has 12 N–H and O–H groups in total. The van der Waals surface area contributed by atoms with Crippen LogP contribution in [0.2, 0.25) is 0 Å². The van der Waals surface area contributed by atoms with Gasteiger partial charge in [0.05, 0.1) is 38.1 Å². The van der Waals surface area contributed by atoms with Crippen LogP contribution in [0.3, 0.4) is 0 Å². The molecule has 30 atom stereocenters. The van der Waals surface area contributed by atoms with Gasteiger partial charge in [0.1, 0.15) is 103 Å². The summed E-state index contributed by atoms with van der Waals surface area (Å²) in [5, 5.41) is 127. The van der Waals surface area contributed by atoms with E-state index in [-0.39, 0.29) is 41.5 Å². The fraction of sp³-hybridized carbons (Fsp3) is 0.923. The second kappa shape index (κ2) is 22.5. The molecule has 4 aliphatic carbocycles. The van der Waals surface area contributed by atoms with Crippen LogP contribution in [0.1, 0.15) is 92.9 Å². The van der Waals surface area contributed by atoms with E-state index in [2.05, 4.69) is 26.8 Å².